The first-order valence-electron chi connectivity index (χ1n) is 9.53. The summed E-state index contributed by atoms with van der Waals surface area (Å²) in [7, 11) is 0. The molecule has 0 aromatic heterocycles. The van der Waals surface area contributed by atoms with Gasteiger partial charge in [0.2, 0.25) is 0 Å². The predicted octanol–water partition coefficient (Wildman–Crippen LogP) is 4.83. The van der Waals surface area contributed by atoms with Gasteiger partial charge in [0.15, 0.2) is 0 Å². The average molecular weight is 349 g/mol. The summed E-state index contributed by atoms with van der Waals surface area (Å²) in [5.41, 5.74) is 6.80. The number of amides is 1. The summed E-state index contributed by atoms with van der Waals surface area (Å²) < 4.78 is 5.55. The normalized spacial score (nSPS) is 12.7. The van der Waals surface area contributed by atoms with Crippen LogP contribution in [-0.2, 0) is 11.3 Å². The van der Waals surface area contributed by atoms with E-state index in [0.717, 1.165) is 50.9 Å². The number of carbonyl (C=O) groups is 1. The highest BCUT2D eigenvalue weighted by atomic mass is 16.6. The molecule has 0 radical (unpaired) electrons. The van der Waals surface area contributed by atoms with Crippen LogP contribution in [0.25, 0.3) is 0 Å². The monoisotopic (exact) mass is 348 g/mol. The van der Waals surface area contributed by atoms with E-state index in [9.17, 15) is 4.79 Å². The molecule has 0 saturated heterocycles. The quantitative estimate of drug-likeness (QED) is 0.623. The highest BCUT2D eigenvalue weighted by Crippen LogP contribution is 2.26. The van der Waals surface area contributed by atoms with Crippen molar-refractivity contribution < 1.29 is 9.53 Å². The lowest BCUT2D eigenvalue weighted by Crippen LogP contribution is -2.40. The van der Waals surface area contributed by atoms with Crippen LogP contribution in [0.2, 0.25) is 0 Å². The second-order valence-electron chi connectivity index (χ2n) is 7.86. The summed E-state index contributed by atoms with van der Waals surface area (Å²) >= 11 is 0. The number of unbranched alkanes of at least 4 members (excludes halogenated alkanes) is 1. The molecule has 25 heavy (non-hydrogen) atoms. The molecule has 0 fully saturated rings. The van der Waals surface area contributed by atoms with Crippen LogP contribution in [0.5, 0.6) is 0 Å². The number of benzene rings is 1. The van der Waals surface area contributed by atoms with Gasteiger partial charge in [-0.2, -0.15) is 0 Å². The Bertz CT molecular complexity index is 488. The molecule has 1 atom stereocenters. The molecule has 142 valence electrons. The van der Waals surface area contributed by atoms with Crippen LogP contribution < -0.4 is 5.73 Å². The van der Waals surface area contributed by atoms with Gasteiger partial charge in [-0.3, -0.25) is 0 Å². The Balaban J connectivity index is 2.60. The van der Waals surface area contributed by atoms with Gasteiger partial charge in [0.25, 0.3) is 0 Å². The first-order valence-corrected chi connectivity index (χ1v) is 9.53. The number of rotatable bonds is 11. The van der Waals surface area contributed by atoms with E-state index < -0.39 is 0 Å². The van der Waals surface area contributed by atoms with Gasteiger partial charge in [-0.25, -0.2) is 4.79 Å². The summed E-state index contributed by atoms with van der Waals surface area (Å²) in [4.78, 5) is 14.5. The minimum Gasteiger partial charge on any atom is -0.445 e. The van der Waals surface area contributed by atoms with Crippen molar-refractivity contribution in [2.75, 3.05) is 19.6 Å². The second-order valence-corrected chi connectivity index (χ2v) is 7.86. The third kappa shape index (κ3) is 8.92. The maximum absolute atomic E-state index is 12.6. The first-order chi connectivity index (χ1) is 11.9. The van der Waals surface area contributed by atoms with E-state index >= 15 is 0 Å². The van der Waals surface area contributed by atoms with Gasteiger partial charge < -0.3 is 15.4 Å². The summed E-state index contributed by atoms with van der Waals surface area (Å²) in [5.74, 6) is 0.522. The Labute approximate surface area is 153 Å². The van der Waals surface area contributed by atoms with Crippen LogP contribution in [0.15, 0.2) is 30.3 Å². The fourth-order valence-electron chi connectivity index (χ4n) is 2.75. The van der Waals surface area contributed by atoms with E-state index in [-0.39, 0.29) is 11.5 Å². The van der Waals surface area contributed by atoms with Crippen molar-refractivity contribution in [1.82, 2.24) is 4.90 Å². The number of nitrogens with two attached hydrogens (primary N) is 1. The number of ether oxygens (including phenoxy) is 1. The van der Waals surface area contributed by atoms with Gasteiger partial charge in [-0.05, 0) is 42.7 Å². The molecule has 1 amide bonds. The molecule has 1 unspecified atom stereocenters. The molecule has 0 aliphatic carbocycles. The van der Waals surface area contributed by atoms with Gasteiger partial charge in [-0.15, -0.1) is 0 Å². The summed E-state index contributed by atoms with van der Waals surface area (Å²) in [6, 6.07) is 9.83. The predicted molar refractivity (Wildman–Crippen MR) is 104 cm³/mol. The van der Waals surface area contributed by atoms with Crippen LogP contribution >= 0.6 is 0 Å². The third-order valence-corrected chi connectivity index (χ3v) is 4.58. The number of carbonyl (C=O) groups excluding carboxylic acids is 1. The molecule has 0 aliphatic rings. The molecule has 0 saturated carbocycles. The molecule has 0 heterocycles. The van der Waals surface area contributed by atoms with E-state index in [2.05, 4.69) is 27.7 Å². The highest BCUT2D eigenvalue weighted by Gasteiger charge is 2.26. The van der Waals surface area contributed by atoms with Gasteiger partial charge in [0.1, 0.15) is 6.61 Å². The minimum absolute atomic E-state index is 0.0585. The highest BCUT2D eigenvalue weighted by molar-refractivity contribution is 5.67. The fraction of sp³-hybridized carbons (Fsp3) is 0.667. The molecular weight excluding hydrogens is 312 g/mol. The van der Waals surface area contributed by atoms with E-state index in [4.69, 9.17) is 10.5 Å². The smallest absolute Gasteiger partial charge is 0.410 e. The molecule has 2 N–H and O–H groups in total. The Morgan fingerprint density at radius 3 is 2.56 bits per heavy atom. The minimum atomic E-state index is -0.211. The molecule has 1 rings (SSSR count). The van der Waals surface area contributed by atoms with Crippen molar-refractivity contribution in [1.29, 1.82) is 0 Å². The summed E-state index contributed by atoms with van der Waals surface area (Å²) in [6.45, 7) is 11.3. The lowest BCUT2D eigenvalue weighted by Gasteiger charge is -2.33. The van der Waals surface area contributed by atoms with Crippen molar-refractivity contribution in [3.05, 3.63) is 35.9 Å². The van der Waals surface area contributed by atoms with Crippen LogP contribution in [0.4, 0.5) is 4.79 Å². The van der Waals surface area contributed by atoms with Crippen molar-refractivity contribution in [2.45, 2.75) is 60.0 Å². The first kappa shape index (κ1) is 21.5. The third-order valence-electron chi connectivity index (χ3n) is 4.58. The van der Waals surface area contributed by atoms with Crippen LogP contribution in [0.3, 0.4) is 0 Å². The lowest BCUT2D eigenvalue weighted by atomic mass is 9.84. The SMILES string of the molecule is CCCCN(CC(C)(C)CCC(C)CN)C(=O)OCc1ccccc1. The molecule has 1 aromatic rings. The fourth-order valence-corrected chi connectivity index (χ4v) is 2.75. The van der Waals surface area contributed by atoms with Gasteiger partial charge in [0.05, 0.1) is 0 Å². The van der Waals surface area contributed by atoms with E-state index in [1.54, 1.807) is 0 Å². The maximum Gasteiger partial charge on any atom is 0.410 e. The summed E-state index contributed by atoms with van der Waals surface area (Å²) in [6.07, 6.45) is 3.99. The van der Waals surface area contributed by atoms with E-state index in [1.807, 2.05) is 35.2 Å². The second kappa shape index (κ2) is 11.1. The van der Waals surface area contributed by atoms with Crippen LogP contribution in [-0.4, -0.2) is 30.6 Å². The topological polar surface area (TPSA) is 55.6 Å². The maximum atomic E-state index is 12.6. The molecule has 4 heteroatoms. The number of nitrogens with zero attached hydrogens (tertiary/aromatic N) is 1. The van der Waals surface area contributed by atoms with Gasteiger partial charge in [-0.1, -0.05) is 64.4 Å². The zero-order chi connectivity index (χ0) is 18.7. The Morgan fingerprint density at radius 1 is 1.28 bits per heavy atom. The van der Waals surface area contributed by atoms with Crippen molar-refractivity contribution in [2.24, 2.45) is 17.1 Å². The Hall–Kier alpha value is -1.55. The molecule has 0 bridgehead atoms. The van der Waals surface area contributed by atoms with Crippen molar-refractivity contribution in [3.8, 4) is 0 Å². The molecule has 0 spiro atoms. The zero-order valence-corrected chi connectivity index (χ0v) is 16.5. The molecule has 0 aliphatic heterocycles. The molecular formula is C21H36N2O2. The number of hydrogen-bond donors (Lipinski definition) is 1. The van der Waals surface area contributed by atoms with Gasteiger partial charge >= 0.3 is 6.09 Å². The molecule has 1 aromatic carbocycles. The zero-order valence-electron chi connectivity index (χ0n) is 16.5. The van der Waals surface area contributed by atoms with Gasteiger partial charge in [0, 0.05) is 13.1 Å². The van der Waals surface area contributed by atoms with Crippen LogP contribution in [0, 0.1) is 11.3 Å². The standard InChI is InChI=1S/C21H36N2O2/c1-5-6-14-23(17-21(3,4)13-12-18(2)15-22)20(24)25-16-19-10-8-7-9-11-19/h7-11,18H,5-6,12-17,22H2,1-4H3. The average Bonchev–Trinajstić information content (AvgIpc) is 2.62. The molecule has 4 nitrogen and oxygen atoms in total. The van der Waals surface area contributed by atoms with E-state index in [1.165, 1.54) is 0 Å². The Morgan fingerprint density at radius 2 is 1.96 bits per heavy atom. The Kier molecular flexibility index (Phi) is 9.58. The van der Waals surface area contributed by atoms with Crippen molar-refractivity contribution in [3.63, 3.8) is 0 Å². The van der Waals surface area contributed by atoms with Crippen LogP contribution in [0.1, 0.15) is 58.9 Å². The largest absolute Gasteiger partial charge is 0.445 e. The van der Waals surface area contributed by atoms with E-state index in [0.29, 0.717) is 12.5 Å². The van der Waals surface area contributed by atoms with Crippen molar-refractivity contribution >= 4 is 6.09 Å². The lowest BCUT2D eigenvalue weighted by molar-refractivity contribution is 0.0779. The number of hydrogen-bond acceptors (Lipinski definition) is 3. The summed E-state index contributed by atoms with van der Waals surface area (Å²) in [5, 5.41) is 0.